The van der Waals surface area contributed by atoms with Gasteiger partial charge in [-0.1, -0.05) is 20.3 Å². The second-order valence-electron chi connectivity index (χ2n) is 11.9. The molecule has 0 aromatic heterocycles. The smallest absolute Gasteiger partial charge is 0.0576 e. The Kier molecular flexibility index (Phi) is 4.73. The van der Waals surface area contributed by atoms with E-state index in [4.69, 9.17) is 0 Å². The van der Waals surface area contributed by atoms with E-state index in [2.05, 4.69) is 19.2 Å². The van der Waals surface area contributed by atoms with Crippen molar-refractivity contribution in [3.63, 3.8) is 0 Å². The van der Waals surface area contributed by atoms with E-state index in [0.29, 0.717) is 28.1 Å². The summed E-state index contributed by atoms with van der Waals surface area (Å²) >= 11 is 0. The van der Waals surface area contributed by atoms with Crippen molar-refractivity contribution in [2.45, 2.75) is 96.7 Å². The fourth-order valence-electron chi connectivity index (χ4n) is 9.85. The Morgan fingerprint density at radius 3 is 2.43 bits per heavy atom. The SMILES string of the molecule is CNCCCCC1C(O)CC2C3CCC4C(C)C(O)CCC45CC35CCC12C. The highest BCUT2D eigenvalue weighted by Crippen LogP contribution is 2.85. The average molecular weight is 390 g/mol. The minimum atomic E-state index is -0.0701. The number of aliphatic hydroxyl groups excluding tert-OH is 2. The van der Waals surface area contributed by atoms with Gasteiger partial charge in [0.15, 0.2) is 0 Å². The molecule has 5 aliphatic carbocycles. The highest BCUT2D eigenvalue weighted by Gasteiger charge is 2.79. The van der Waals surface area contributed by atoms with Gasteiger partial charge in [0.1, 0.15) is 0 Å². The van der Waals surface area contributed by atoms with E-state index in [1.54, 1.807) is 0 Å². The average Bonchev–Trinajstić information content (AvgIpc) is 3.27. The molecule has 10 atom stereocenters. The van der Waals surface area contributed by atoms with Gasteiger partial charge in [-0.15, -0.1) is 0 Å². The summed E-state index contributed by atoms with van der Waals surface area (Å²) in [6.07, 6.45) is 13.8. The number of rotatable bonds is 5. The quantitative estimate of drug-likeness (QED) is 0.612. The fraction of sp³-hybridized carbons (Fsp3) is 1.00. The summed E-state index contributed by atoms with van der Waals surface area (Å²) in [5.41, 5.74) is 1.51. The Bertz CT molecular complexity index is 609. The van der Waals surface area contributed by atoms with Crippen LogP contribution in [-0.2, 0) is 0 Å². The van der Waals surface area contributed by atoms with Crippen LogP contribution in [0.25, 0.3) is 0 Å². The highest BCUT2D eigenvalue weighted by molar-refractivity contribution is 5.27. The molecule has 0 aliphatic heterocycles. The molecule has 0 heterocycles. The zero-order valence-corrected chi connectivity index (χ0v) is 18.4. The summed E-state index contributed by atoms with van der Waals surface area (Å²) in [6, 6.07) is 0. The Hall–Kier alpha value is -0.120. The fourth-order valence-corrected chi connectivity index (χ4v) is 9.85. The van der Waals surface area contributed by atoms with Gasteiger partial charge in [0, 0.05) is 0 Å². The van der Waals surface area contributed by atoms with Gasteiger partial charge in [-0.3, -0.25) is 0 Å². The largest absolute Gasteiger partial charge is 0.393 e. The molecule has 10 unspecified atom stereocenters. The maximum absolute atomic E-state index is 11.1. The van der Waals surface area contributed by atoms with E-state index < -0.39 is 0 Å². The molecular weight excluding hydrogens is 346 g/mol. The summed E-state index contributed by atoms with van der Waals surface area (Å²) in [5.74, 6) is 3.37. The Labute approximate surface area is 172 Å². The lowest BCUT2D eigenvalue weighted by Crippen LogP contribution is -2.51. The van der Waals surface area contributed by atoms with E-state index in [1.165, 1.54) is 57.8 Å². The van der Waals surface area contributed by atoms with Gasteiger partial charge < -0.3 is 15.5 Å². The third-order valence-electron chi connectivity index (χ3n) is 11.3. The lowest BCUT2D eigenvalue weighted by molar-refractivity contribution is -0.0986. The van der Waals surface area contributed by atoms with Gasteiger partial charge in [0.2, 0.25) is 0 Å². The summed E-state index contributed by atoms with van der Waals surface area (Å²) in [7, 11) is 2.04. The second-order valence-corrected chi connectivity index (χ2v) is 11.9. The molecule has 5 saturated carbocycles. The maximum atomic E-state index is 11.1. The number of hydrogen-bond acceptors (Lipinski definition) is 3. The Morgan fingerprint density at radius 1 is 0.893 bits per heavy atom. The summed E-state index contributed by atoms with van der Waals surface area (Å²) in [5, 5.41) is 24.8. The predicted octanol–water partition coefficient (Wildman–Crippen LogP) is 4.37. The molecule has 3 N–H and O–H groups in total. The molecule has 0 amide bonds. The Morgan fingerprint density at radius 2 is 1.64 bits per heavy atom. The van der Waals surface area contributed by atoms with E-state index in [-0.39, 0.29) is 12.2 Å². The van der Waals surface area contributed by atoms with Crippen LogP contribution in [0.4, 0.5) is 0 Å². The molecule has 0 radical (unpaired) electrons. The molecule has 0 aromatic carbocycles. The van der Waals surface area contributed by atoms with Crippen molar-refractivity contribution < 1.29 is 10.2 Å². The number of unbranched alkanes of at least 4 members (excludes halogenated alkanes) is 1. The summed E-state index contributed by atoms with van der Waals surface area (Å²) in [4.78, 5) is 0. The standard InChI is InChI=1S/C25H43NO2/c1-16-17-7-8-18-20-14-22(28)19(6-4-5-13-26-3)23(20,2)11-12-25(18)15-24(17,25)10-9-21(16)27/h16-22,26-28H,4-15H2,1-3H3. The van der Waals surface area contributed by atoms with Gasteiger partial charge in [0.05, 0.1) is 12.2 Å². The molecule has 28 heavy (non-hydrogen) atoms. The van der Waals surface area contributed by atoms with Gasteiger partial charge in [-0.25, -0.2) is 0 Å². The molecule has 5 aliphatic rings. The number of hydrogen-bond donors (Lipinski definition) is 3. The minimum absolute atomic E-state index is 0.0611. The van der Waals surface area contributed by atoms with Crippen LogP contribution >= 0.6 is 0 Å². The van der Waals surface area contributed by atoms with Crippen LogP contribution < -0.4 is 5.32 Å². The molecule has 5 fully saturated rings. The van der Waals surface area contributed by atoms with Crippen LogP contribution in [0.5, 0.6) is 0 Å². The third kappa shape index (κ3) is 2.45. The predicted molar refractivity (Wildman–Crippen MR) is 113 cm³/mol. The van der Waals surface area contributed by atoms with Crippen molar-refractivity contribution in [2.75, 3.05) is 13.6 Å². The van der Waals surface area contributed by atoms with Crippen molar-refractivity contribution in [3.05, 3.63) is 0 Å². The Balaban J connectivity index is 1.36. The van der Waals surface area contributed by atoms with Crippen LogP contribution in [0.15, 0.2) is 0 Å². The first-order valence-electron chi connectivity index (χ1n) is 12.4. The third-order valence-corrected chi connectivity index (χ3v) is 11.3. The van der Waals surface area contributed by atoms with Crippen molar-refractivity contribution in [2.24, 2.45) is 45.8 Å². The van der Waals surface area contributed by atoms with E-state index in [1.807, 2.05) is 7.05 Å². The van der Waals surface area contributed by atoms with Crippen LogP contribution in [-0.4, -0.2) is 36.0 Å². The lowest BCUT2D eigenvalue weighted by atomic mass is 9.48. The zero-order valence-electron chi connectivity index (χ0n) is 18.4. The molecule has 3 heteroatoms. The minimum Gasteiger partial charge on any atom is -0.393 e. The van der Waals surface area contributed by atoms with Crippen molar-refractivity contribution in [1.82, 2.24) is 5.32 Å². The van der Waals surface area contributed by atoms with E-state index >= 15 is 0 Å². The first kappa shape index (κ1) is 19.8. The van der Waals surface area contributed by atoms with E-state index in [0.717, 1.165) is 37.1 Å². The van der Waals surface area contributed by atoms with Crippen LogP contribution in [0, 0.1) is 45.8 Å². The molecule has 3 nitrogen and oxygen atoms in total. The normalized spacial score (nSPS) is 57.1. The van der Waals surface area contributed by atoms with Crippen molar-refractivity contribution in [3.8, 4) is 0 Å². The zero-order chi connectivity index (χ0) is 19.7. The lowest BCUT2D eigenvalue weighted by Gasteiger charge is -2.57. The van der Waals surface area contributed by atoms with Crippen LogP contribution in [0.2, 0.25) is 0 Å². The first-order valence-corrected chi connectivity index (χ1v) is 12.4. The van der Waals surface area contributed by atoms with Gasteiger partial charge in [-0.05, 0) is 124 Å². The number of nitrogens with one attached hydrogen (secondary N) is 1. The molecule has 0 saturated heterocycles. The monoisotopic (exact) mass is 389 g/mol. The van der Waals surface area contributed by atoms with Crippen LogP contribution in [0.3, 0.4) is 0 Å². The number of fused-ring (bicyclic) bond motifs is 2. The summed E-state index contributed by atoms with van der Waals surface area (Å²) in [6.45, 7) is 5.98. The molecular formula is C25H43NO2. The number of aliphatic hydroxyl groups is 2. The van der Waals surface area contributed by atoms with Crippen molar-refractivity contribution >= 4 is 0 Å². The highest BCUT2D eigenvalue weighted by atomic mass is 16.3. The molecule has 0 aromatic rings. The maximum Gasteiger partial charge on any atom is 0.0576 e. The van der Waals surface area contributed by atoms with E-state index in [9.17, 15) is 10.2 Å². The first-order chi connectivity index (χ1) is 13.4. The van der Waals surface area contributed by atoms with Gasteiger partial charge >= 0.3 is 0 Å². The molecule has 0 bridgehead atoms. The molecule has 2 spiro atoms. The van der Waals surface area contributed by atoms with Crippen molar-refractivity contribution in [1.29, 1.82) is 0 Å². The summed E-state index contributed by atoms with van der Waals surface area (Å²) < 4.78 is 0. The van der Waals surface area contributed by atoms with Gasteiger partial charge in [-0.2, -0.15) is 0 Å². The topological polar surface area (TPSA) is 52.5 Å². The van der Waals surface area contributed by atoms with Gasteiger partial charge in [0.25, 0.3) is 0 Å². The molecule has 5 rings (SSSR count). The second kappa shape index (κ2) is 6.69. The molecule has 160 valence electrons. The van der Waals surface area contributed by atoms with Crippen LogP contribution in [0.1, 0.15) is 84.5 Å².